The van der Waals surface area contributed by atoms with Gasteiger partial charge in [-0.1, -0.05) is 0 Å². The Morgan fingerprint density at radius 1 is 0.129 bits per heavy atom. The molecule has 62 heavy (non-hydrogen) atoms. The number of aromatic nitrogens is 10. The molecule has 12 rings (SSSR count). The first kappa shape index (κ1) is 35.2. The van der Waals surface area contributed by atoms with Crippen LogP contribution in [0.3, 0.4) is 0 Å². The second kappa shape index (κ2) is 14.5. The average molecular weight is 805 g/mol. The van der Waals surface area contributed by atoms with Gasteiger partial charge in [0.25, 0.3) is 0 Å². The lowest BCUT2D eigenvalue weighted by Crippen LogP contribution is -2.20. The van der Waals surface area contributed by atoms with Crippen LogP contribution in [-0.4, -0.2) is 45.7 Å². The molecule has 2 aromatic carbocycles. The minimum atomic E-state index is 1.00. The predicted molar refractivity (Wildman–Crippen MR) is 245 cm³/mol. The quantitative estimate of drug-likeness (QED) is 0.125. The lowest BCUT2D eigenvalue weighted by atomic mass is 9.90. The zero-order chi connectivity index (χ0) is 41.0. The Hall–Kier alpha value is -8.76. The Bertz CT molecular complexity index is 2910. The minimum Gasteiger partial charge on any atom is -0.321 e. The second-order valence-electron chi connectivity index (χ2n) is 15.1. The van der Waals surface area contributed by atoms with E-state index in [1.165, 1.54) is 0 Å². The van der Waals surface area contributed by atoms with Gasteiger partial charge in [-0.25, -0.2) is 0 Å². The summed E-state index contributed by atoms with van der Waals surface area (Å²) in [6.07, 6.45) is 43.1. The number of nitrogens with zero attached hydrogens (tertiary/aromatic N) is 10. The molecule has 0 N–H and O–H groups in total. The predicted octanol–water partition coefficient (Wildman–Crippen LogP) is 11.3. The fraction of sp³-hybridized carbons (Fsp3) is 0. The van der Waals surface area contributed by atoms with Crippen molar-refractivity contribution in [1.82, 2.24) is 45.7 Å². The first-order valence-electron chi connectivity index (χ1n) is 20.7. The highest BCUT2D eigenvalue weighted by molar-refractivity contribution is 6.04. The van der Waals surface area contributed by atoms with Crippen molar-refractivity contribution in [3.8, 4) is 68.0 Å². The van der Waals surface area contributed by atoms with Crippen molar-refractivity contribution in [1.29, 1.82) is 0 Å². The van der Waals surface area contributed by atoms with E-state index in [0.717, 1.165) is 68.0 Å². The molecule has 0 aliphatic rings. The summed E-state index contributed by atoms with van der Waals surface area (Å²) in [7, 11) is 0. The summed E-state index contributed by atoms with van der Waals surface area (Å²) in [5.74, 6) is 0. The number of benzene rings is 2. The van der Waals surface area contributed by atoms with E-state index < -0.39 is 0 Å². The van der Waals surface area contributed by atoms with Gasteiger partial charge < -0.3 is 45.7 Å². The monoisotopic (exact) mass is 804 g/mol. The van der Waals surface area contributed by atoms with Gasteiger partial charge in [-0.05, 0) is 121 Å². The molecule has 10 heteroatoms. The van der Waals surface area contributed by atoms with Gasteiger partial charge in [0.15, 0.2) is 0 Å². The highest BCUT2D eigenvalue weighted by Crippen LogP contribution is 2.53. The van der Waals surface area contributed by atoms with Crippen LogP contribution in [0.2, 0.25) is 0 Å². The van der Waals surface area contributed by atoms with Gasteiger partial charge in [0.1, 0.15) is 0 Å². The van der Waals surface area contributed by atoms with Gasteiger partial charge in [0.2, 0.25) is 0 Å². The van der Waals surface area contributed by atoms with Crippen LogP contribution in [0.4, 0.5) is 0 Å². The molecule has 0 bridgehead atoms. The van der Waals surface area contributed by atoms with E-state index in [-0.39, 0.29) is 0 Å². The molecule has 0 saturated carbocycles. The van der Waals surface area contributed by atoms with Crippen molar-refractivity contribution >= 4 is 0 Å². The normalized spacial score (nSPS) is 11.5. The third-order valence-electron chi connectivity index (χ3n) is 11.6. The van der Waals surface area contributed by atoms with Crippen molar-refractivity contribution in [2.24, 2.45) is 0 Å². The van der Waals surface area contributed by atoms with Crippen LogP contribution in [0, 0.1) is 0 Å². The molecule has 12 aromatic rings. The van der Waals surface area contributed by atoms with Crippen LogP contribution in [0.15, 0.2) is 245 Å². The molecule has 0 unspecified atom stereocenters. The first-order chi connectivity index (χ1) is 30.8. The van der Waals surface area contributed by atoms with Gasteiger partial charge in [0, 0.05) is 135 Å². The Morgan fingerprint density at radius 2 is 0.226 bits per heavy atom. The molecule has 10 nitrogen and oxygen atoms in total. The van der Waals surface area contributed by atoms with Crippen molar-refractivity contribution in [3.05, 3.63) is 245 Å². The Morgan fingerprint density at radius 3 is 0.355 bits per heavy atom. The van der Waals surface area contributed by atoms with E-state index in [1.54, 1.807) is 0 Å². The molecule has 0 radical (unpaired) electrons. The fourth-order valence-electron chi connectivity index (χ4n) is 9.15. The van der Waals surface area contributed by atoms with Crippen molar-refractivity contribution in [3.63, 3.8) is 0 Å². The lowest BCUT2D eigenvalue weighted by Gasteiger charge is -2.33. The molecule has 298 valence electrons. The molecular weight excluding hydrogens is 765 g/mol. The average Bonchev–Trinajstić information content (AvgIpc) is 4.16. The van der Waals surface area contributed by atoms with Crippen molar-refractivity contribution < 1.29 is 0 Å². The van der Waals surface area contributed by atoms with Gasteiger partial charge in [-0.3, -0.25) is 0 Å². The molecule has 0 aliphatic heterocycles. The molecular formula is C52H40N10. The summed E-state index contributed by atoms with van der Waals surface area (Å²) in [6.45, 7) is 0. The zero-order valence-electron chi connectivity index (χ0n) is 33.6. The summed E-state index contributed by atoms with van der Waals surface area (Å²) in [5.41, 5.74) is 12.1. The summed E-state index contributed by atoms with van der Waals surface area (Å²) in [5, 5.41) is 0. The lowest BCUT2D eigenvalue weighted by molar-refractivity contribution is 0.905. The maximum absolute atomic E-state index is 2.29. The van der Waals surface area contributed by atoms with Gasteiger partial charge >= 0.3 is 0 Å². The van der Waals surface area contributed by atoms with Crippen molar-refractivity contribution in [2.45, 2.75) is 0 Å². The maximum atomic E-state index is 2.29. The molecule has 10 heterocycles. The zero-order valence-corrected chi connectivity index (χ0v) is 33.6. The topological polar surface area (TPSA) is 49.3 Å². The van der Waals surface area contributed by atoms with E-state index in [0.29, 0.717) is 0 Å². The van der Waals surface area contributed by atoms with Crippen molar-refractivity contribution in [2.75, 3.05) is 0 Å². The van der Waals surface area contributed by atoms with Crippen LogP contribution >= 0.6 is 0 Å². The van der Waals surface area contributed by atoms with Crippen LogP contribution in [0.1, 0.15) is 0 Å². The highest BCUT2D eigenvalue weighted by Gasteiger charge is 2.36. The first-order valence-corrected chi connectivity index (χ1v) is 20.7. The molecule has 0 aliphatic carbocycles. The van der Waals surface area contributed by atoms with E-state index in [1.807, 2.05) is 0 Å². The number of hydrogen-bond acceptors (Lipinski definition) is 0. The molecule has 0 amide bonds. The third-order valence-corrected chi connectivity index (χ3v) is 11.6. The summed E-state index contributed by atoms with van der Waals surface area (Å²) >= 11 is 0. The van der Waals surface area contributed by atoms with Gasteiger partial charge in [0.05, 0.1) is 56.9 Å². The third kappa shape index (κ3) is 5.51. The second-order valence-corrected chi connectivity index (χ2v) is 15.1. The summed E-state index contributed by atoms with van der Waals surface area (Å²) in [6, 6.07) is 42.1. The molecule has 0 spiro atoms. The number of rotatable bonds is 11. The maximum Gasteiger partial charge on any atom is 0.0980 e. The summed E-state index contributed by atoms with van der Waals surface area (Å²) < 4.78 is 22.7. The van der Waals surface area contributed by atoms with Crippen LogP contribution in [0.5, 0.6) is 0 Å². The molecule has 10 aromatic heterocycles. The summed E-state index contributed by atoms with van der Waals surface area (Å²) in [4.78, 5) is 0. The molecule has 0 fully saturated rings. The highest BCUT2D eigenvalue weighted by atomic mass is 15.2. The van der Waals surface area contributed by atoms with Gasteiger partial charge in [-0.2, -0.15) is 0 Å². The smallest absolute Gasteiger partial charge is 0.0980 e. The fourth-order valence-corrected chi connectivity index (χ4v) is 9.15. The SMILES string of the molecule is c1ccn(-c2c(-c3c(-n4cccc4)c(-n4cccc4)c(-n4cccc4)c(-n4cccc4)c3-n3cccc3)c(-n3cccc3)c(-n3cccc3)c(-n3cccc3)c2-n2cccc2)c1. The van der Waals surface area contributed by atoms with E-state index >= 15 is 0 Å². The standard InChI is InChI=1S/C52H40N10/c1-2-22-53(21-1)43-41(44(54-23-3-4-24-54)48(58-31-11-12-32-58)51(61-37-17-18-38-61)47(43)57-29-9-10-30-57)42-45(55-25-5-6-26-55)49(59-33-13-14-34-59)52(62-39-19-20-40-62)50(60-35-15-16-36-60)46(42)56-27-7-8-28-56/h1-40H. The Balaban J connectivity index is 1.44. The molecule has 0 atom stereocenters. The van der Waals surface area contributed by atoms with E-state index in [2.05, 4.69) is 291 Å². The van der Waals surface area contributed by atoms with Crippen LogP contribution in [0.25, 0.3) is 68.0 Å². The number of hydrogen-bond donors (Lipinski definition) is 0. The largest absolute Gasteiger partial charge is 0.321 e. The van der Waals surface area contributed by atoms with Crippen LogP contribution in [-0.2, 0) is 0 Å². The molecule has 0 saturated heterocycles. The Labute approximate surface area is 357 Å². The Kier molecular flexibility index (Phi) is 8.24. The van der Waals surface area contributed by atoms with Crippen LogP contribution < -0.4 is 0 Å². The van der Waals surface area contributed by atoms with E-state index in [9.17, 15) is 0 Å². The van der Waals surface area contributed by atoms with Gasteiger partial charge in [-0.15, -0.1) is 0 Å². The van der Waals surface area contributed by atoms with E-state index in [4.69, 9.17) is 0 Å². The minimum absolute atomic E-state index is 1.00.